The third-order valence-electron chi connectivity index (χ3n) is 3.87. The molecule has 5 nitrogen and oxygen atoms in total. The first kappa shape index (κ1) is 19.1. The zero-order valence-corrected chi connectivity index (χ0v) is 16.2. The lowest BCUT2D eigenvalue weighted by Crippen LogP contribution is -2.29. The number of benzene rings is 2. The van der Waals surface area contributed by atoms with Crippen molar-refractivity contribution in [2.75, 3.05) is 5.32 Å². The summed E-state index contributed by atoms with van der Waals surface area (Å²) in [7, 11) is 0. The number of hydrogen-bond acceptors (Lipinski definition) is 4. The summed E-state index contributed by atoms with van der Waals surface area (Å²) in [6.45, 7) is 1.44. The van der Waals surface area contributed by atoms with Crippen molar-refractivity contribution in [1.82, 2.24) is 10.3 Å². The highest BCUT2D eigenvalue weighted by atomic mass is 35.5. The minimum absolute atomic E-state index is 0.116. The molecule has 138 valence electrons. The predicted molar refractivity (Wildman–Crippen MR) is 109 cm³/mol. The van der Waals surface area contributed by atoms with Crippen molar-refractivity contribution >= 4 is 39.9 Å². The van der Waals surface area contributed by atoms with Gasteiger partial charge < -0.3 is 10.6 Å². The summed E-state index contributed by atoms with van der Waals surface area (Å²) in [5, 5.41) is 8.56. The second-order valence-corrected chi connectivity index (χ2v) is 7.20. The van der Waals surface area contributed by atoms with Gasteiger partial charge in [-0.25, -0.2) is 4.98 Å². The van der Waals surface area contributed by atoms with Crippen molar-refractivity contribution < 1.29 is 9.59 Å². The maximum Gasteiger partial charge on any atom is 0.228 e. The van der Waals surface area contributed by atoms with Gasteiger partial charge in [-0.3, -0.25) is 9.59 Å². The Labute approximate surface area is 166 Å². The zero-order chi connectivity index (χ0) is 19.2. The summed E-state index contributed by atoms with van der Waals surface area (Å²) < 4.78 is 0. The molecule has 2 aromatic carbocycles. The van der Waals surface area contributed by atoms with E-state index in [2.05, 4.69) is 15.6 Å². The van der Waals surface area contributed by atoms with E-state index in [0.29, 0.717) is 15.8 Å². The predicted octanol–water partition coefficient (Wildman–Crippen LogP) is 4.67. The molecule has 0 spiro atoms. The first-order chi connectivity index (χ1) is 13.0. The van der Waals surface area contributed by atoms with Gasteiger partial charge in [0.25, 0.3) is 0 Å². The number of aromatic nitrogens is 1. The van der Waals surface area contributed by atoms with Crippen LogP contribution in [0.2, 0.25) is 5.02 Å². The van der Waals surface area contributed by atoms with E-state index in [-0.39, 0.29) is 18.2 Å². The van der Waals surface area contributed by atoms with Crippen LogP contribution in [0.4, 0.5) is 5.13 Å². The van der Waals surface area contributed by atoms with Crippen molar-refractivity contribution in [3.63, 3.8) is 0 Å². The van der Waals surface area contributed by atoms with Gasteiger partial charge in [0.15, 0.2) is 5.13 Å². The number of hydrogen-bond donors (Lipinski definition) is 2. The molecule has 3 aromatic rings. The van der Waals surface area contributed by atoms with E-state index in [9.17, 15) is 9.59 Å². The van der Waals surface area contributed by atoms with Gasteiger partial charge in [-0.2, -0.15) is 0 Å². The van der Waals surface area contributed by atoms with Crippen molar-refractivity contribution in [1.29, 1.82) is 0 Å². The van der Waals surface area contributed by atoms with Gasteiger partial charge in [0.1, 0.15) is 0 Å². The van der Waals surface area contributed by atoms with Crippen LogP contribution < -0.4 is 10.6 Å². The average molecular weight is 400 g/mol. The van der Waals surface area contributed by atoms with E-state index in [1.165, 1.54) is 18.3 Å². The first-order valence-electron chi connectivity index (χ1n) is 8.35. The molecule has 2 amide bonds. The number of carbonyl (C=O) groups excluding carboxylic acids is 2. The van der Waals surface area contributed by atoms with E-state index in [1.54, 1.807) is 6.07 Å². The van der Waals surface area contributed by atoms with Crippen LogP contribution in [0, 0.1) is 0 Å². The Bertz CT molecular complexity index is 943. The first-order valence-corrected chi connectivity index (χ1v) is 9.61. The Morgan fingerprint density at radius 1 is 1.11 bits per heavy atom. The van der Waals surface area contributed by atoms with Gasteiger partial charge in [-0.05, 0) is 11.6 Å². The summed E-state index contributed by atoms with van der Waals surface area (Å²) >= 11 is 7.53. The number of amides is 2. The van der Waals surface area contributed by atoms with E-state index in [1.807, 2.05) is 53.9 Å². The Balaban J connectivity index is 1.69. The monoisotopic (exact) mass is 399 g/mol. The Kier molecular flexibility index (Phi) is 6.21. The Morgan fingerprint density at radius 3 is 2.52 bits per heavy atom. The molecule has 2 N–H and O–H groups in total. The van der Waals surface area contributed by atoms with Crippen molar-refractivity contribution in [2.45, 2.75) is 19.4 Å². The molecule has 0 aliphatic rings. The van der Waals surface area contributed by atoms with Crippen LogP contribution in [0.15, 0.2) is 60.0 Å². The number of anilines is 1. The molecule has 0 bridgehead atoms. The van der Waals surface area contributed by atoms with Crippen LogP contribution in [0.3, 0.4) is 0 Å². The second-order valence-electron chi connectivity index (χ2n) is 5.93. The Morgan fingerprint density at radius 2 is 1.81 bits per heavy atom. The van der Waals surface area contributed by atoms with Crippen molar-refractivity contribution in [3.8, 4) is 11.3 Å². The van der Waals surface area contributed by atoms with Gasteiger partial charge in [0.05, 0.1) is 18.2 Å². The molecule has 1 heterocycles. The molecule has 7 heteroatoms. The molecule has 0 aliphatic heterocycles. The minimum atomic E-state index is -0.397. The second kappa shape index (κ2) is 8.79. The molecule has 1 atom stereocenters. The molecule has 27 heavy (non-hydrogen) atoms. The van der Waals surface area contributed by atoms with E-state index in [4.69, 9.17) is 11.6 Å². The largest absolute Gasteiger partial charge is 0.349 e. The number of thiazole rings is 1. The SMILES string of the molecule is CC(=O)N[C@@H](CC(=O)Nc1nc(-c2ccccc2Cl)cs1)c1ccccc1. The van der Waals surface area contributed by atoms with Crippen LogP contribution >= 0.6 is 22.9 Å². The normalized spacial score (nSPS) is 11.6. The summed E-state index contributed by atoms with van der Waals surface area (Å²) in [5.74, 6) is -0.412. The maximum atomic E-state index is 12.5. The van der Waals surface area contributed by atoms with Gasteiger partial charge in [-0.1, -0.05) is 60.1 Å². The van der Waals surface area contributed by atoms with Crippen LogP contribution in [-0.4, -0.2) is 16.8 Å². The zero-order valence-electron chi connectivity index (χ0n) is 14.6. The summed E-state index contributed by atoms with van der Waals surface area (Å²) in [5.41, 5.74) is 2.40. The van der Waals surface area contributed by atoms with Crippen LogP contribution in [0.25, 0.3) is 11.3 Å². The number of rotatable bonds is 6. The smallest absolute Gasteiger partial charge is 0.228 e. The molecular weight excluding hydrogens is 382 g/mol. The van der Waals surface area contributed by atoms with Crippen molar-refractivity contribution in [2.24, 2.45) is 0 Å². The quantitative estimate of drug-likeness (QED) is 0.632. The third kappa shape index (κ3) is 5.15. The molecule has 0 saturated heterocycles. The van der Waals surface area contributed by atoms with E-state index in [0.717, 1.165) is 11.1 Å². The highest BCUT2D eigenvalue weighted by Gasteiger charge is 2.18. The van der Waals surface area contributed by atoms with Crippen LogP contribution in [0.1, 0.15) is 24.9 Å². The molecule has 0 saturated carbocycles. The van der Waals surface area contributed by atoms with Crippen molar-refractivity contribution in [3.05, 3.63) is 70.6 Å². The Hall–Kier alpha value is -2.70. The lowest BCUT2D eigenvalue weighted by molar-refractivity contribution is -0.120. The lowest BCUT2D eigenvalue weighted by atomic mass is 10.0. The number of nitrogens with one attached hydrogen (secondary N) is 2. The van der Waals surface area contributed by atoms with Crippen LogP contribution in [0.5, 0.6) is 0 Å². The number of nitrogens with zero attached hydrogens (tertiary/aromatic N) is 1. The summed E-state index contributed by atoms with van der Waals surface area (Å²) in [4.78, 5) is 28.4. The molecule has 1 aromatic heterocycles. The van der Waals surface area contributed by atoms with Gasteiger partial charge >= 0.3 is 0 Å². The maximum absolute atomic E-state index is 12.5. The minimum Gasteiger partial charge on any atom is -0.349 e. The fraction of sp³-hybridized carbons (Fsp3) is 0.150. The fourth-order valence-electron chi connectivity index (χ4n) is 2.66. The average Bonchev–Trinajstić information content (AvgIpc) is 3.10. The molecule has 0 unspecified atom stereocenters. The lowest BCUT2D eigenvalue weighted by Gasteiger charge is -2.17. The molecular formula is C20H18ClN3O2S. The summed E-state index contributed by atoms with van der Waals surface area (Å²) in [6.07, 6.45) is 0.116. The van der Waals surface area contributed by atoms with Gasteiger partial charge in [0.2, 0.25) is 11.8 Å². The number of halogens is 1. The third-order valence-corrected chi connectivity index (χ3v) is 4.96. The highest BCUT2D eigenvalue weighted by Crippen LogP contribution is 2.30. The fourth-order valence-corrected chi connectivity index (χ4v) is 3.62. The van der Waals surface area contributed by atoms with Gasteiger partial charge in [-0.15, -0.1) is 11.3 Å². The summed E-state index contributed by atoms with van der Waals surface area (Å²) in [6, 6.07) is 16.4. The molecule has 0 radical (unpaired) electrons. The molecule has 3 rings (SSSR count). The van der Waals surface area contributed by atoms with Crippen LogP contribution in [-0.2, 0) is 9.59 Å². The van der Waals surface area contributed by atoms with E-state index >= 15 is 0 Å². The standard InChI is InChI=1S/C20H18ClN3O2S/c1-13(25)22-17(14-7-3-2-4-8-14)11-19(26)24-20-23-18(12-27-20)15-9-5-6-10-16(15)21/h2-10,12,17H,11H2,1H3,(H,22,25)(H,23,24,26)/t17-/m0/s1. The molecule has 0 fully saturated rings. The van der Waals surface area contributed by atoms with Gasteiger partial charge in [0, 0.05) is 22.9 Å². The highest BCUT2D eigenvalue weighted by molar-refractivity contribution is 7.14. The number of carbonyl (C=O) groups is 2. The molecule has 0 aliphatic carbocycles. The van der Waals surface area contributed by atoms with E-state index < -0.39 is 6.04 Å². The topological polar surface area (TPSA) is 71.1 Å².